The average molecular weight is 410 g/mol. The molecule has 0 heterocycles. The molecule has 0 radical (unpaired) electrons. The predicted octanol–water partition coefficient (Wildman–Crippen LogP) is 5.56. The number of halogens is 8. The van der Waals surface area contributed by atoms with Gasteiger partial charge in [-0.1, -0.05) is 60.7 Å². The lowest BCUT2D eigenvalue weighted by molar-refractivity contribution is -0.320. The molecule has 1 atom stereocenters. The van der Waals surface area contributed by atoms with E-state index in [9.17, 15) is 35.1 Å². The van der Waals surface area contributed by atoms with E-state index in [1.807, 2.05) is 0 Å². The zero-order chi connectivity index (χ0) is 20.0. The molecule has 0 fully saturated rings. The van der Waals surface area contributed by atoms with Crippen LogP contribution in [0.5, 0.6) is 0 Å². The molecule has 0 saturated carbocycles. The van der Waals surface area contributed by atoms with Gasteiger partial charge in [-0.3, -0.25) is 0 Å². The van der Waals surface area contributed by atoms with Crippen LogP contribution in [0.4, 0.5) is 35.1 Å². The number of allylic oxidation sites excluding steroid dienone is 2. The van der Waals surface area contributed by atoms with Gasteiger partial charge in [0.2, 0.25) is 0 Å². The number of hydrogen-bond acceptors (Lipinski definition) is 0. The fourth-order valence-corrected chi connectivity index (χ4v) is 5.26. The Morgan fingerprint density at radius 2 is 1.11 bits per heavy atom. The summed E-state index contributed by atoms with van der Waals surface area (Å²) >= 11 is 0. The summed E-state index contributed by atoms with van der Waals surface area (Å²) < 4.78 is 111. The second kappa shape index (κ2) is 6.59. The van der Waals surface area contributed by atoms with E-state index in [1.54, 1.807) is 0 Å². The summed E-state index contributed by atoms with van der Waals surface area (Å²) in [5.41, 5.74) is 0. The molecule has 0 saturated heterocycles. The second-order valence-corrected chi connectivity index (χ2v) is 8.03. The molecular weight excluding hydrogens is 399 g/mol. The van der Waals surface area contributed by atoms with Crippen LogP contribution >= 0.6 is 7.92 Å². The van der Waals surface area contributed by atoms with Gasteiger partial charge in [0, 0.05) is 5.31 Å². The Kier molecular flexibility index (Phi) is 4.83. The lowest BCUT2D eigenvalue weighted by Crippen LogP contribution is -2.62. The molecule has 0 aromatic heterocycles. The Bertz CT molecular complexity index is 809. The van der Waals surface area contributed by atoms with Crippen LogP contribution in [0.2, 0.25) is 0 Å². The van der Waals surface area contributed by atoms with E-state index >= 15 is 0 Å². The molecule has 0 bridgehead atoms. The third-order valence-electron chi connectivity index (χ3n) is 4.14. The van der Waals surface area contributed by atoms with Crippen LogP contribution in [0.1, 0.15) is 0 Å². The quantitative estimate of drug-likeness (QED) is 0.459. The third-order valence-corrected chi connectivity index (χ3v) is 6.68. The van der Waals surface area contributed by atoms with Crippen LogP contribution in [0.25, 0.3) is 0 Å². The molecule has 1 aliphatic carbocycles. The van der Waals surface area contributed by atoms with Crippen molar-refractivity contribution >= 4 is 18.5 Å². The summed E-state index contributed by atoms with van der Waals surface area (Å²) in [7, 11) is -2.57. The molecule has 27 heavy (non-hydrogen) atoms. The van der Waals surface area contributed by atoms with Crippen LogP contribution in [-0.2, 0) is 0 Å². The summed E-state index contributed by atoms with van der Waals surface area (Å²) in [6.07, 6.45) is -3.90. The van der Waals surface area contributed by atoms with Crippen molar-refractivity contribution in [2.24, 2.45) is 0 Å². The largest absolute Gasteiger partial charge is 0.382 e. The van der Waals surface area contributed by atoms with E-state index in [4.69, 9.17) is 0 Å². The SMILES string of the molecule is FC1=C(P(c2ccccc2)c2ccccc2)C(F)C(F)(F)C(F)(F)C1(F)F. The van der Waals surface area contributed by atoms with E-state index in [0.717, 1.165) is 0 Å². The molecule has 1 unspecified atom stereocenters. The van der Waals surface area contributed by atoms with Gasteiger partial charge in [-0.05, 0) is 18.5 Å². The van der Waals surface area contributed by atoms with Gasteiger partial charge >= 0.3 is 17.8 Å². The molecule has 2 aromatic rings. The van der Waals surface area contributed by atoms with Gasteiger partial charge in [0.25, 0.3) is 0 Å². The summed E-state index contributed by atoms with van der Waals surface area (Å²) in [5.74, 6) is -20.6. The molecule has 0 aliphatic heterocycles. The van der Waals surface area contributed by atoms with Gasteiger partial charge < -0.3 is 0 Å². The summed E-state index contributed by atoms with van der Waals surface area (Å²) in [4.78, 5) is 0. The van der Waals surface area contributed by atoms with Crippen LogP contribution in [0, 0.1) is 0 Å². The predicted molar refractivity (Wildman–Crippen MR) is 86.9 cm³/mol. The van der Waals surface area contributed by atoms with Crippen molar-refractivity contribution in [1.82, 2.24) is 0 Å². The number of rotatable bonds is 3. The van der Waals surface area contributed by atoms with Crippen molar-refractivity contribution in [3.05, 3.63) is 71.8 Å². The van der Waals surface area contributed by atoms with Crippen molar-refractivity contribution < 1.29 is 35.1 Å². The van der Waals surface area contributed by atoms with E-state index in [1.165, 1.54) is 60.7 Å². The fourth-order valence-electron chi connectivity index (χ4n) is 2.74. The lowest BCUT2D eigenvalue weighted by atomic mass is 9.92. The molecule has 3 rings (SSSR count). The highest BCUT2D eigenvalue weighted by atomic mass is 31.1. The topological polar surface area (TPSA) is 0 Å². The number of benzene rings is 2. The van der Waals surface area contributed by atoms with Crippen LogP contribution in [0.3, 0.4) is 0 Å². The molecule has 2 aromatic carbocycles. The molecule has 9 heteroatoms. The second-order valence-electron chi connectivity index (χ2n) is 5.84. The molecule has 0 nitrogen and oxygen atoms in total. The molecule has 0 N–H and O–H groups in total. The first-order chi connectivity index (χ1) is 12.5. The maximum absolute atomic E-state index is 14.5. The normalized spacial score (nSPS) is 23.5. The molecule has 1 aliphatic rings. The Balaban J connectivity index is 2.32. The zero-order valence-electron chi connectivity index (χ0n) is 13.3. The first-order valence-electron chi connectivity index (χ1n) is 7.61. The van der Waals surface area contributed by atoms with Crippen molar-refractivity contribution in [3.63, 3.8) is 0 Å². The van der Waals surface area contributed by atoms with Crippen LogP contribution < -0.4 is 10.6 Å². The van der Waals surface area contributed by atoms with Gasteiger partial charge in [-0.2, -0.15) is 26.3 Å². The monoisotopic (exact) mass is 410 g/mol. The molecule has 0 amide bonds. The smallest absolute Gasteiger partial charge is 0.235 e. The lowest BCUT2D eigenvalue weighted by Gasteiger charge is -2.41. The highest BCUT2D eigenvalue weighted by Crippen LogP contribution is 2.63. The first kappa shape index (κ1) is 19.8. The van der Waals surface area contributed by atoms with Gasteiger partial charge in [0.05, 0.1) is 0 Å². The standard InChI is InChI=1S/C18H11F8P/c19-14-13(15(20)17(23,24)18(25,26)16(14,21)22)27(11-7-3-1-4-8-11)12-9-5-2-6-10-12/h1-10,14H. The number of alkyl halides is 7. The highest BCUT2D eigenvalue weighted by Gasteiger charge is 2.80. The Morgan fingerprint density at radius 3 is 1.52 bits per heavy atom. The van der Waals surface area contributed by atoms with Crippen molar-refractivity contribution in [1.29, 1.82) is 0 Å². The third kappa shape index (κ3) is 2.85. The van der Waals surface area contributed by atoms with Crippen molar-refractivity contribution in [2.75, 3.05) is 0 Å². The van der Waals surface area contributed by atoms with Gasteiger partial charge in [0.15, 0.2) is 12.0 Å². The van der Waals surface area contributed by atoms with Gasteiger partial charge in [-0.25, -0.2) is 8.78 Å². The molecule has 144 valence electrons. The Morgan fingerprint density at radius 1 is 0.704 bits per heavy atom. The minimum Gasteiger partial charge on any atom is -0.235 e. The minimum atomic E-state index is -6.19. The van der Waals surface area contributed by atoms with Gasteiger partial charge in [-0.15, -0.1) is 0 Å². The Hall–Kier alpha value is -1.95. The van der Waals surface area contributed by atoms with E-state index in [-0.39, 0.29) is 10.6 Å². The Labute approximate surface area is 150 Å². The van der Waals surface area contributed by atoms with E-state index < -0.39 is 43.0 Å². The molecular formula is C18H11F8P. The average Bonchev–Trinajstić information content (AvgIpc) is 2.65. The zero-order valence-corrected chi connectivity index (χ0v) is 14.2. The summed E-state index contributed by atoms with van der Waals surface area (Å²) in [6, 6.07) is 14.0. The minimum absolute atomic E-state index is 0.0725. The van der Waals surface area contributed by atoms with Crippen LogP contribution in [0.15, 0.2) is 71.8 Å². The van der Waals surface area contributed by atoms with E-state index in [0.29, 0.717) is 0 Å². The van der Waals surface area contributed by atoms with Crippen LogP contribution in [-0.4, -0.2) is 23.9 Å². The van der Waals surface area contributed by atoms with E-state index in [2.05, 4.69) is 0 Å². The maximum atomic E-state index is 14.5. The van der Waals surface area contributed by atoms with Crippen molar-refractivity contribution in [2.45, 2.75) is 23.9 Å². The summed E-state index contributed by atoms with van der Waals surface area (Å²) in [5, 5.41) is -1.49. The highest BCUT2D eigenvalue weighted by molar-refractivity contribution is 7.76. The van der Waals surface area contributed by atoms with Gasteiger partial charge in [0.1, 0.15) is 0 Å². The maximum Gasteiger partial charge on any atom is 0.382 e. The summed E-state index contributed by atoms with van der Waals surface area (Å²) in [6.45, 7) is 0. The first-order valence-corrected chi connectivity index (χ1v) is 8.95. The van der Waals surface area contributed by atoms with Crippen molar-refractivity contribution in [3.8, 4) is 0 Å². The fraction of sp³-hybridized carbons (Fsp3) is 0.222. The molecule has 0 spiro atoms. The number of hydrogen-bond donors (Lipinski definition) is 0.